The zero-order chi connectivity index (χ0) is 16.9. The maximum Gasteiger partial charge on any atom is 0.230 e. The molecular weight excluding hydrogens is 304 g/mol. The van der Waals surface area contributed by atoms with Gasteiger partial charge in [-0.1, -0.05) is 18.9 Å². The summed E-state index contributed by atoms with van der Waals surface area (Å²) >= 11 is 0. The van der Waals surface area contributed by atoms with Gasteiger partial charge in [0, 0.05) is 25.3 Å². The highest BCUT2D eigenvalue weighted by molar-refractivity contribution is 5.88. The lowest BCUT2D eigenvalue weighted by Gasteiger charge is -2.29. The molecule has 1 amide bonds. The Morgan fingerprint density at radius 1 is 1.39 bits per heavy atom. The van der Waals surface area contributed by atoms with Crippen LogP contribution in [0.5, 0.6) is 0 Å². The fraction of sp³-hybridized carbons (Fsp3) is 0.588. The van der Waals surface area contributed by atoms with Gasteiger partial charge in [0.05, 0.1) is 18.1 Å². The average molecular weight is 327 g/mol. The van der Waals surface area contributed by atoms with Gasteiger partial charge in [-0.25, -0.2) is 8.78 Å². The van der Waals surface area contributed by atoms with E-state index < -0.39 is 23.2 Å². The first kappa shape index (κ1) is 17.8. The van der Waals surface area contributed by atoms with Crippen LogP contribution in [-0.4, -0.2) is 37.4 Å². The van der Waals surface area contributed by atoms with E-state index in [1.165, 1.54) is 19.2 Å². The molecule has 1 unspecified atom stereocenters. The summed E-state index contributed by atoms with van der Waals surface area (Å²) < 4.78 is 32.2. The second-order valence-electron chi connectivity index (χ2n) is 6.07. The number of halogens is 2. The monoisotopic (exact) mass is 327 g/mol. The van der Waals surface area contributed by atoms with Gasteiger partial charge in [-0.15, -0.1) is 0 Å². The Morgan fingerprint density at radius 2 is 2.09 bits per heavy atom. The second-order valence-corrected chi connectivity index (χ2v) is 6.07. The number of nitrogens with one attached hydrogen (secondary N) is 1. The lowest BCUT2D eigenvalue weighted by Crippen LogP contribution is -2.44. The van der Waals surface area contributed by atoms with Crippen molar-refractivity contribution in [3.8, 4) is 0 Å². The van der Waals surface area contributed by atoms with E-state index in [1.807, 2.05) is 0 Å². The van der Waals surface area contributed by atoms with Crippen LogP contribution in [0.3, 0.4) is 0 Å². The maximum absolute atomic E-state index is 14.2. The molecule has 0 spiro atoms. The standard InChI is InChI=1S/C17H23F2NO3/c1-23-11-13(21)6-9-20-16(22)17(7-2-3-8-17)14-5-4-12(18)10-15(14)19/h4-5,10,13,21H,2-3,6-9,11H2,1H3,(H,20,22). The lowest BCUT2D eigenvalue weighted by atomic mass is 9.77. The molecule has 0 heterocycles. The van der Waals surface area contributed by atoms with Crippen molar-refractivity contribution in [2.75, 3.05) is 20.3 Å². The van der Waals surface area contributed by atoms with Crippen LogP contribution in [0, 0.1) is 11.6 Å². The molecular formula is C17H23F2NO3. The molecule has 0 aromatic heterocycles. The minimum absolute atomic E-state index is 0.202. The van der Waals surface area contributed by atoms with E-state index in [4.69, 9.17) is 4.74 Å². The third-order valence-electron chi connectivity index (χ3n) is 4.46. The van der Waals surface area contributed by atoms with Crippen LogP contribution < -0.4 is 5.32 Å². The average Bonchev–Trinajstić information content (AvgIpc) is 2.98. The molecule has 0 radical (unpaired) electrons. The molecule has 1 aliphatic rings. The molecule has 4 nitrogen and oxygen atoms in total. The summed E-state index contributed by atoms with van der Waals surface area (Å²) in [5.41, 5.74) is -0.685. The fourth-order valence-corrected chi connectivity index (χ4v) is 3.27. The van der Waals surface area contributed by atoms with E-state index in [0.29, 0.717) is 19.3 Å². The van der Waals surface area contributed by atoms with Crippen LogP contribution in [0.25, 0.3) is 0 Å². The molecule has 128 valence electrons. The van der Waals surface area contributed by atoms with Gasteiger partial charge < -0.3 is 15.2 Å². The van der Waals surface area contributed by atoms with Crippen molar-refractivity contribution in [2.24, 2.45) is 0 Å². The predicted molar refractivity (Wildman–Crippen MR) is 82.0 cm³/mol. The number of aliphatic hydroxyl groups excluding tert-OH is 1. The molecule has 23 heavy (non-hydrogen) atoms. The summed E-state index contributed by atoms with van der Waals surface area (Å²) in [6, 6.07) is 3.38. The zero-order valence-electron chi connectivity index (χ0n) is 13.3. The summed E-state index contributed by atoms with van der Waals surface area (Å²) in [4.78, 5) is 12.7. The van der Waals surface area contributed by atoms with Crippen LogP contribution in [0.1, 0.15) is 37.7 Å². The Labute approximate surface area is 134 Å². The Bertz CT molecular complexity index is 545. The third-order valence-corrected chi connectivity index (χ3v) is 4.46. The number of hydrogen-bond donors (Lipinski definition) is 2. The van der Waals surface area contributed by atoms with E-state index in [0.717, 1.165) is 18.9 Å². The van der Waals surface area contributed by atoms with E-state index in [9.17, 15) is 18.7 Å². The Kier molecular flexibility index (Phi) is 6.07. The molecule has 0 aliphatic heterocycles. The highest BCUT2D eigenvalue weighted by Gasteiger charge is 2.44. The number of methoxy groups -OCH3 is 1. The van der Waals surface area contributed by atoms with E-state index >= 15 is 0 Å². The molecule has 1 aliphatic carbocycles. The van der Waals surface area contributed by atoms with E-state index in [-0.39, 0.29) is 24.6 Å². The maximum atomic E-state index is 14.2. The molecule has 6 heteroatoms. The van der Waals surface area contributed by atoms with Crippen molar-refractivity contribution < 1.29 is 23.4 Å². The van der Waals surface area contributed by atoms with Gasteiger partial charge in [0.1, 0.15) is 11.6 Å². The summed E-state index contributed by atoms with van der Waals surface area (Å²) in [5.74, 6) is -1.59. The van der Waals surface area contributed by atoms with Crippen molar-refractivity contribution in [1.29, 1.82) is 0 Å². The summed E-state index contributed by atoms with van der Waals surface area (Å²) in [5, 5.41) is 12.4. The summed E-state index contributed by atoms with van der Waals surface area (Å²) in [6.45, 7) is 0.488. The topological polar surface area (TPSA) is 58.6 Å². The number of carbonyl (C=O) groups excluding carboxylic acids is 1. The van der Waals surface area contributed by atoms with Gasteiger partial charge in [0.25, 0.3) is 0 Å². The van der Waals surface area contributed by atoms with Crippen molar-refractivity contribution in [2.45, 2.75) is 43.6 Å². The summed E-state index contributed by atoms with van der Waals surface area (Å²) in [7, 11) is 1.49. The normalized spacial score (nSPS) is 17.9. The molecule has 2 N–H and O–H groups in total. The highest BCUT2D eigenvalue weighted by Crippen LogP contribution is 2.42. The first-order valence-electron chi connectivity index (χ1n) is 7.90. The van der Waals surface area contributed by atoms with Gasteiger partial charge in [-0.3, -0.25) is 4.79 Å². The molecule has 1 fully saturated rings. The number of aliphatic hydroxyl groups is 1. The van der Waals surface area contributed by atoms with Crippen LogP contribution in [-0.2, 0) is 14.9 Å². The van der Waals surface area contributed by atoms with Crippen molar-refractivity contribution >= 4 is 5.91 Å². The third kappa shape index (κ3) is 4.06. The number of rotatable bonds is 7. The van der Waals surface area contributed by atoms with Gasteiger partial charge in [-0.05, 0) is 25.3 Å². The minimum Gasteiger partial charge on any atom is -0.391 e. The van der Waals surface area contributed by atoms with Crippen molar-refractivity contribution in [3.05, 3.63) is 35.4 Å². The number of amides is 1. The number of carbonyl (C=O) groups is 1. The van der Waals surface area contributed by atoms with Crippen molar-refractivity contribution in [1.82, 2.24) is 5.32 Å². The van der Waals surface area contributed by atoms with Gasteiger partial charge >= 0.3 is 0 Å². The molecule has 1 atom stereocenters. The predicted octanol–water partition coefficient (Wildman–Crippen LogP) is 2.29. The SMILES string of the molecule is COCC(O)CCNC(=O)C1(c2ccc(F)cc2F)CCCC1. The van der Waals surface area contributed by atoms with Gasteiger partial charge in [0.15, 0.2) is 0 Å². The highest BCUT2D eigenvalue weighted by atomic mass is 19.1. The van der Waals surface area contributed by atoms with Crippen LogP contribution in [0.4, 0.5) is 8.78 Å². The number of hydrogen-bond acceptors (Lipinski definition) is 3. The first-order chi connectivity index (χ1) is 11.0. The largest absolute Gasteiger partial charge is 0.391 e. The smallest absolute Gasteiger partial charge is 0.230 e. The molecule has 0 bridgehead atoms. The Morgan fingerprint density at radius 3 is 2.70 bits per heavy atom. The fourth-order valence-electron chi connectivity index (χ4n) is 3.27. The van der Waals surface area contributed by atoms with Gasteiger partial charge in [0.2, 0.25) is 5.91 Å². The number of ether oxygens (including phenoxy) is 1. The van der Waals surface area contributed by atoms with Crippen LogP contribution in [0.15, 0.2) is 18.2 Å². The lowest BCUT2D eigenvalue weighted by molar-refractivity contribution is -0.126. The van der Waals surface area contributed by atoms with Crippen LogP contribution in [0.2, 0.25) is 0 Å². The zero-order valence-corrected chi connectivity index (χ0v) is 13.3. The first-order valence-corrected chi connectivity index (χ1v) is 7.90. The molecule has 2 rings (SSSR count). The molecule has 1 aromatic carbocycles. The van der Waals surface area contributed by atoms with Crippen molar-refractivity contribution in [3.63, 3.8) is 0 Å². The van der Waals surface area contributed by atoms with Crippen LogP contribution >= 0.6 is 0 Å². The quantitative estimate of drug-likeness (QED) is 0.808. The molecule has 1 saturated carbocycles. The molecule has 1 aromatic rings. The second kappa shape index (κ2) is 7.84. The Balaban J connectivity index is 2.09. The minimum atomic E-state index is -0.940. The summed E-state index contributed by atoms with van der Waals surface area (Å²) in [6.07, 6.45) is 2.46. The molecule has 0 saturated heterocycles. The van der Waals surface area contributed by atoms with E-state index in [1.54, 1.807) is 0 Å². The Hall–Kier alpha value is -1.53. The number of benzene rings is 1. The van der Waals surface area contributed by atoms with Gasteiger partial charge in [-0.2, -0.15) is 0 Å². The van der Waals surface area contributed by atoms with E-state index in [2.05, 4.69) is 5.32 Å².